The summed E-state index contributed by atoms with van der Waals surface area (Å²) >= 11 is 0. The molecular formula is C18H17N3. The fourth-order valence-electron chi connectivity index (χ4n) is 3.08. The molecular weight excluding hydrogens is 258 g/mol. The third-order valence-corrected chi connectivity index (χ3v) is 4.25. The SMILES string of the molecule is Cc1ccnc(-n2c3ccccc3c3c(C)c(C)[nH]c32)c1. The Morgan fingerprint density at radius 3 is 2.67 bits per heavy atom. The van der Waals surface area contributed by atoms with Crippen LogP contribution in [0.4, 0.5) is 0 Å². The summed E-state index contributed by atoms with van der Waals surface area (Å²) in [4.78, 5) is 8.09. The standard InChI is InChI=1S/C18H17N3/c1-11-8-9-19-16(10-11)21-15-7-5-4-6-14(15)17-12(2)13(3)20-18(17)21/h4-10,20H,1-3H3. The number of hydrogen-bond donors (Lipinski definition) is 1. The first-order chi connectivity index (χ1) is 10.2. The van der Waals surface area contributed by atoms with Crippen molar-refractivity contribution in [3.8, 4) is 5.82 Å². The van der Waals surface area contributed by atoms with Crippen LogP contribution in [0.1, 0.15) is 16.8 Å². The minimum Gasteiger partial charge on any atom is -0.344 e. The van der Waals surface area contributed by atoms with Crippen molar-refractivity contribution < 1.29 is 0 Å². The maximum absolute atomic E-state index is 4.56. The van der Waals surface area contributed by atoms with Gasteiger partial charge in [0.25, 0.3) is 0 Å². The molecule has 0 amide bonds. The van der Waals surface area contributed by atoms with E-state index in [0.717, 1.165) is 11.5 Å². The Morgan fingerprint density at radius 2 is 1.86 bits per heavy atom. The predicted molar refractivity (Wildman–Crippen MR) is 87.1 cm³/mol. The van der Waals surface area contributed by atoms with Crippen LogP contribution in [0.5, 0.6) is 0 Å². The first-order valence-corrected chi connectivity index (χ1v) is 7.18. The number of aromatic amines is 1. The molecule has 0 bridgehead atoms. The lowest BCUT2D eigenvalue weighted by Crippen LogP contribution is -1.98. The van der Waals surface area contributed by atoms with E-state index >= 15 is 0 Å². The van der Waals surface area contributed by atoms with Gasteiger partial charge in [0.15, 0.2) is 0 Å². The third kappa shape index (κ3) is 1.64. The number of aryl methyl sites for hydroxylation is 3. The molecule has 4 aromatic rings. The van der Waals surface area contributed by atoms with Gasteiger partial charge >= 0.3 is 0 Å². The Bertz CT molecular complexity index is 973. The van der Waals surface area contributed by atoms with Gasteiger partial charge in [0.2, 0.25) is 0 Å². The Balaban J connectivity index is 2.22. The lowest BCUT2D eigenvalue weighted by atomic mass is 10.1. The van der Waals surface area contributed by atoms with E-state index in [0.29, 0.717) is 0 Å². The van der Waals surface area contributed by atoms with Crippen LogP contribution in [0.3, 0.4) is 0 Å². The van der Waals surface area contributed by atoms with Gasteiger partial charge in [0.1, 0.15) is 11.5 Å². The number of benzene rings is 1. The van der Waals surface area contributed by atoms with Crippen LogP contribution in [0.25, 0.3) is 27.8 Å². The lowest BCUT2D eigenvalue weighted by Gasteiger charge is -2.06. The number of hydrogen-bond acceptors (Lipinski definition) is 1. The number of nitrogens with one attached hydrogen (secondary N) is 1. The summed E-state index contributed by atoms with van der Waals surface area (Å²) in [7, 11) is 0. The maximum atomic E-state index is 4.56. The number of pyridine rings is 1. The van der Waals surface area contributed by atoms with Gasteiger partial charge in [-0.1, -0.05) is 18.2 Å². The number of fused-ring (bicyclic) bond motifs is 3. The molecule has 3 heteroatoms. The summed E-state index contributed by atoms with van der Waals surface area (Å²) in [6.45, 7) is 6.39. The molecule has 1 N–H and O–H groups in total. The smallest absolute Gasteiger partial charge is 0.138 e. The summed E-state index contributed by atoms with van der Waals surface area (Å²) in [6.07, 6.45) is 1.87. The van der Waals surface area contributed by atoms with Crippen LogP contribution in [0.2, 0.25) is 0 Å². The zero-order chi connectivity index (χ0) is 14.6. The van der Waals surface area contributed by atoms with Crippen molar-refractivity contribution >= 4 is 21.9 Å². The van der Waals surface area contributed by atoms with Crippen LogP contribution < -0.4 is 0 Å². The summed E-state index contributed by atoms with van der Waals surface area (Å²) in [5.74, 6) is 0.961. The van der Waals surface area contributed by atoms with E-state index in [2.05, 4.69) is 65.6 Å². The molecule has 0 unspecified atom stereocenters. The van der Waals surface area contributed by atoms with Gasteiger partial charge in [0, 0.05) is 22.7 Å². The van der Waals surface area contributed by atoms with E-state index in [1.807, 2.05) is 12.3 Å². The first kappa shape index (κ1) is 12.2. The number of para-hydroxylation sites is 1. The van der Waals surface area contributed by atoms with Gasteiger partial charge in [-0.3, -0.25) is 4.57 Å². The fraction of sp³-hybridized carbons (Fsp3) is 0.167. The summed E-state index contributed by atoms with van der Waals surface area (Å²) in [5, 5.41) is 2.57. The zero-order valence-corrected chi connectivity index (χ0v) is 12.4. The second kappa shape index (κ2) is 4.22. The lowest BCUT2D eigenvalue weighted by molar-refractivity contribution is 1.05. The molecule has 1 aromatic carbocycles. The van der Waals surface area contributed by atoms with Crippen molar-refractivity contribution in [3.63, 3.8) is 0 Å². The normalized spacial score (nSPS) is 11.6. The fourth-order valence-corrected chi connectivity index (χ4v) is 3.08. The van der Waals surface area contributed by atoms with Gasteiger partial charge in [-0.25, -0.2) is 4.98 Å². The van der Waals surface area contributed by atoms with E-state index in [1.165, 1.54) is 33.1 Å². The molecule has 0 saturated heterocycles. The molecule has 4 rings (SSSR count). The number of rotatable bonds is 1. The Hall–Kier alpha value is -2.55. The Labute approximate surface area is 123 Å². The number of H-pyrrole nitrogens is 1. The quantitative estimate of drug-likeness (QED) is 0.547. The Morgan fingerprint density at radius 1 is 1.05 bits per heavy atom. The third-order valence-electron chi connectivity index (χ3n) is 4.25. The molecule has 3 aromatic heterocycles. The monoisotopic (exact) mass is 275 g/mol. The molecule has 0 aliphatic heterocycles. The van der Waals surface area contributed by atoms with Gasteiger partial charge < -0.3 is 4.98 Å². The topological polar surface area (TPSA) is 33.6 Å². The maximum Gasteiger partial charge on any atom is 0.138 e. The summed E-state index contributed by atoms with van der Waals surface area (Å²) in [5.41, 5.74) is 6.06. The minimum atomic E-state index is 0.961. The molecule has 104 valence electrons. The van der Waals surface area contributed by atoms with Crippen molar-refractivity contribution in [2.75, 3.05) is 0 Å². The first-order valence-electron chi connectivity index (χ1n) is 7.18. The molecule has 21 heavy (non-hydrogen) atoms. The van der Waals surface area contributed by atoms with Crippen molar-refractivity contribution in [1.29, 1.82) is 0 Å². The van der Waals surface area contributed by atoms with E-state index in [1.54, 1.807) is 0 Å². The van der Waals surface area contributed by atoms with Crippen LogP contribution >= 0.6 is 0 Å². The number of aromatic nitrogens is 3. The van der Waals surface area contributed by atoms with E-state index in [4.69, 9.17) is 0 Å². The molecule has 0 aliphatic rings. The van der Waals surface area contributed by atoms with Crippen LogP contribution in [-0.2, 0) is 0 Å². The Kier molecular flexibility index (Phi) is 2.45. The average Bonchev–Trinajstić information content (AvgIpc) is 2.94. The van der Waals surface area contributed by atoms with E-state index in [-0.39, 0.29) is 0 Å². The van der Waals surface area contributed by atoms with Crippen LogP contribution in [0.15, 0.2) is 42.6 Å². The molecule has 3 heterocycles. The van der Waals surface area contributed by atoms with E-state index < -0.39 is 0 Å². The van der Waals surface area contributed by atoms with Crippen LogP contribution in [0, 0.1) is 20.8 Å². The number of nitrogens with zero attached hydrogens (tertiary/aromatic N) is 2. The van der Waals surface area contributed by atoms with Gasteiger partial charge in [-0.15, -0.1) is 0 Å². The van der Waals surface area contributed by atoms with Crippen molar-refractivity contribution in [2.45, 2.75) is 20.8 Å². The second-order valence-corrected chi connectivity index (χ2v) is 5.64. The molecule has 0 atom stereocenters. The highest BCUT2D eigenvalue weighted by Crippen LogP contribution is 2.34. The second-order valence-electron chi connectivity index (χ2n) is 5.64. The van der Waals surface area contributed by atoms with Crippen molar-refractivity contribution in [3.05, 3.63) is 59.4 Å². The highest BCUT2D eigenvalue weighted by atomic mass is 15.1. The van der Waals surface area contributed by atoms with Gasteiger partial charge in [-0.05, 0) is 50.1 Å². The molecule has 0 radical (unpaired) electrons. The predicted octanol–water partition coefficient (Wildman–Crippen LogP) is 4.43. The highest BCUT2D eigenvalue weighted by Gasteiger charge is 2.17. The molecule has 0 aliphatic carbocycles. The van der Waals surface area contributed by atoms with Gasteiger partial charge in [-0.2, -0.15) is 0 Å². The molecule has 0 spiro atoms. The van der Waals surface area contributed by atoms with Gasteiger partial charge in [0.05, 0.1) is 5.52 Å². The molecule has 0 saturated carbocycles. The summed E-state index contributed by atoms with van der Waals surface area (Å²) in [6, 6.07) is 12.7. The van der Waals surface area contributed by atoms with Crippen molar-refractivity contribution in [2.24, 2.45) is 0 Å². The van der Waals surface area contributed by atoms with Crippen molar-refractivity contribution in [1.82, 2.24) is 14.5 Å². The largest absolute Gasteiger partial charge is 0.344 e. The highest BCUT2D eigenvalue weighted by molar-refractivity contribution is 6.10. The zero-order valence-electron chi connectivity index (χ0n) is 12.4. The van der Waals surface area contributed by atoms with Crippen LogP contribution in [-0.4, -0.2) is 14.5 Å². The summed E-state index contributed by atoms with van der Waals surface area (Å²) < 4.78 is 2.22. The van der Waals surface area contributed by atoms with E-state index in [9.17, 15) is 0 Å². The molecule has 0 fully saturated rings. The molecule has 3 nitrogen and oxygen atoms in total. The minimum absolute atomic E-state index is 0.961. The average molecular weight is 275 g/mol.